The maximum atomic E-state index is 13.1. The zero-order chi connectivity index (χ0) is 18.7. The first-order valence-corrected chi connectivity index (χ1v) is 8.39. The smallest absolute Gasteiger partial charge is 0.356 e. The summed E-state index contributed by atoms with van der Waals surface area (Å²) >= 11 is 0. The van der Waals surface area contributed by atoms with Crippen LogP contribution in [0.2, 0.25) is 0 Å². The molecule has 1 saturated heterocycles. The minimum absolute atomic E-state index is 0.0330. The quantitative estimate of drug-likeness (QED) is 0.895. The van der Waals surface area contributed by atoms with E-state index >= 15 is 0 Å². The van der Waals surface area contributed by atoms with Gasteiger partial charge in [0.05, 0.1) is 11.3 Å². The van der Waals surface area contributed by atoms with E-state index in [0.29, 0.717) is 11.7 Å². The summed E-state index contributed by atoms with van der Waals surface area (Å²) in [5.74, 6) is 0.562. The summed E-state index contributed by atoms with van der Waals surface area (Å²) in [6, 6.07) is 6.37. The molecule has 0 radical (unpaired) electrons. The molecule has 1 aromatic carbocycles. The molecule has 1 N–H and O–H groups in total. The highest BCUT2D eigenvalue weighted by molar-refractivity contribution is 6.03. The Morgan fingerprint density at radius 1 is 1.19 bits per heavy atom. The lowest BCUT2D eigenvalue weighted by molar-refractivity contribution is -0.136. The molecule has 0 aliphatic carbocycles. The number of para-hydroxylation sites is 1. The van der Waals surface area contributed by atoms with Gasteiger partial charge < -0.3 is 10.2 Å². The van der Waals surface area contributed by atoms with Gasteiger partial charge in [-0.3, -0.25) is 4.79 Å². The number of amides is 1. The van der Waals surface area contributed by atoms with Gasteiger partial charge in [0.15, 0.2) is 0 Å². The number of nitrogens with one attached hydrogen (secondary N) is 1. The summed E-state index contributed by atoms with van der Waals surface area (Å²) in [6.45, 7) is 3.85. The SMILES string of the molecule is CC1CCN(c2cc(C(=O)Nc3ccccc3C(F)(F)F)ncn2)CC1. The number of alkyl halides is 3. The Morgan fingerprint density at radius 2 is 1.88 bits per heavy atom. The number of carbonyl (C=O) groups is 1. The lowest BCUT2D eigenvalue weighted by atomic mass is 9.99. The lowest BCUT2D eigenvalue weighted by Crippen LogP contribution is -2.33. The van der Waals surface area contributed by atoms with Crippen molar-refractivity contribution in [2.24, 2.45) is 5.92 Å². The number of nitrogens with zero attached hydrogens (tertiary/aromatic N) is 3. The summed E-state index contributed by atoms with van der Waals surface area (Å²) in [5, 5.41) is 2.30. The van der Waals surface area contributed by atoms with E-state index in [4.69, 9.17) is 0 Å². The van der Waals surface area contributed by atoms with E-state index in [1.807, 2.05) is 0 Å². The van der Waals surface area contributed by atoms with Crippen LogP contribution in [0.3, 0.4) is 0 Å². The van der Waals surface area contributed by atoms with E-state index < -0.39 is 17.6 Å². The Kier molecular flexibility index (Phi) is 5.11. The van der Waals surface area contributed by atoms with Crippen LogP contribution in [0.4, 0.5) is 24.7 Å². The zero-order valence-corrected chi connectivity index (χ0v) is 14.3. The predicted molar refractivity (Wildman–Crippen MR) is 92.0 cm³/mol. The van der Waals surface area contributed by atoms with Crippen molar-refractivity contribution in [3.8, 4) is 0 Å². The maximum absolute atomic E-state index is 13.1. The van der Waals surface area contributed by atoms with Gasteiger partial charge in [0.2, 0.25) is 0 Å². The molecule has 0 spiro atoms. The highest BCUT2D eigenvalue weighted by Crippen LogP contribution is 2.34. The lowest BCUT2D eigenvalue weighted by Gasteiger charge is -2.31. The molecule has 138 valence electrons. The fourth-order valence-corrected chi connectivity index (χ4v) is 2.91. The Hall–Kier alpha value is -2.64. The molecule has 0 unspecified atom stereocenters. The summed E-state index contributed by atoms with van der Waals surface area (Å²) in [5.41, 5.74) is -1.16. The van der Waals surface area contributed by atoms with E-state index in [2.05, 4.69) is 27.1 Å². The maximum Gasteiger partial charge on any atom is 0.418 e. The minimum Gasteiger partial charge on any atom is -0.356 e. The first-order valence-electron chi connectivity index (χ1n) is 8.39. The topological polar surface area (TPSA) is 58.1 Å². The number of hydrogen-bond acceptors (Lipinski definition) is 4. The van der Waals surface area contributed by atoms with E-state index in [9.17, 15) is 18.0 Å². The van der Waals surface area contributed by atoms with Crippen molar-refractivity contribution in [3.05, 3.63) is 47.9 Å². The molecule has 8 heteroatoms. The first kappa shape index (κ1) is 18.2. The third kappa shape index (κ3) is 4.12. The van der Waals surface area contributed by atoms with Crippen molar-refractivity contribution >= 4 is 17.4 Å². The molecule has 1 aromatic heterocycles. The zero-order valence-electron chi connectivity index (χ0n) is 14.3. The van der Waals surface area contributed by atoms with Gasteiger partial charge in [0.25, 0.3) is 5.91 Å². The van der Waals surface area contributed by atoms with Gasteiger partial charge in [-0.25, -0.2) is 9.97 Å². The van der Waals surface area contributed by atoms with Crippen LogP contribution in [0.25, 0.3) is 0 Å². The van der Waals surface area contributed by atoms with Crippen LogP contribution >= 0.6 is 0 Å². The molecular weight excluding hydrogens is 345 g/mol. The van der Waals surface area contributed by atoms with Crippen LogP contribution in [0.15, 0.2) is 36.7 Å². The van der Waals surface area contributed by atoms with Crippen LogP contribution in [-0.4, -0.2) is 29.0 Å². The van der Waals surface area contributed by atoms with Crippen molar-refractivity contribution < 1.29 is 18.0 Å². The molecule has 3 rings (SSSR count). The van der Waals surface area contributed by atoms with Gasteiger partial charge >= 0.3 is 6.18 Å². The number of piperidine rings is 1. The van der Waals surface area contributed by atoms with E-state index in [1.54, 1.807) is 0 Å². The molecule has 5 nitrogen and oxygen atoms in total. The normalized spacial score (nSPS) is 15.8. The minimum atomic E-state index is -4.55. The number of anilines is 2. The summed E-state index contributed by atoms with van der Waals surface area (Å²) in [6.07, 6.45) is -1.22. The predicted octanol–water partition coefficient (Wildman–Crippen LogP) is 3.98. The monoisotopic (exact) mass is 364 g/mol. The van der Waals surface area contributed by atoms with Gasteiger partial charge in [-0.05, 0) is 30.9 Å². The average molecular weight is 364 g/mol. The highest BCUT2D eigenvalue weighted by Gasteiger charge is 2.33. The molecule has 26 heavy (non-hydrogen) atoms. The summed E-state index contributed by atoms with van der Waals surface area (Å²) in [7, 11) is 0. The van der Waals surface area contributed by atoms with Crippen molar-refractivity contribution in [1.29, 1.82) is 0 Å². The first-order chi connectivity index (χ1) is 12.3. The number of halogens is 3. The van der Waals surface area contributed by atoms with E-state index in [1.165, 1.54) is 30.6 Å². The standard InChI is InChI=1S/C18H19F3N4O/c1-12-6-8-25(9-7-12)16-10-15(22-11-23-16)17(26)24-14-5-3-2-4-13(14)18(19,20)21/h2-5,10-12H,6-9H2,1H3,(H,24,26). The second-order valence-electron chi connectivity index (χ2n) is 6.43. The number of aromatic nitrogens is 2. The van der Waals surface area contributed by atoms with E-state index in [-0.39, 0.29) is 11.4 Å². The largest absolute Gasteiger partial charge is 0.418 e. The van der Waals surface area contributed by atoms with Gasteiger partial charge in [0.1, 0.15) is 17.8 Å². The van der Waals surface area contributed by atoms with Gasteiger partial charge in [0, 0.05) is 19.2 Å². The Labute approximate surface area is 149 Å². The Morgan fingerprint density at radius 3 is 2.58 bits per heavy atom. The van der Waals surface area contributed by atoms with Crippen molar-refractivity contribution in [3.63, 3.8) is 0 Å². The number of rotatable bonds is 3. The summed E-state index contributed by atoms with van der Waals surface area (Å²) < 4.78 is 39.2. The van der Waals surface area contributed by atoms with E-state index in [0.717, 1.165) is 32.0 Å². The fraction of sp³-hybridized carbons (Fsp3) is 0.389. The summed E-state index contributed by atoms with van der Waals surface area (Å²) in [4.78, 5) is 22.5. The van der Waals surface area contributed by atoms with Gasteiger partial charge in [-0.1, -0.05) is 19.1 Å². The molecule has 2 heterocycles. The molecule has 0 saturated carbocycles. The number of carbonyl (C=O) groups excluding carboxylic acids is 1. The van der Waals surface area contributed by atoms with Crippen LogP contribution < -0.4 is 10.2 Å². The van der Waals surface area contributed by atoms with Crippen molar-refractivity contribution in [2.45, 2.75) is 25.9 Å². The van der Waals surface area contributed by atoms with Crippen molar-refractivity contribution in [1.82, 2.24) is 9.97 Å². The van der Waals surface area contributed by atoms with Crippen LogP contribution in [0, 0.1) is 5.92 Å². The third-order valence-corrected chi connectivity index (χ3v) is 4.47. The highest BCUT2D eigenvalue weighted by atomic mass is 19.4. The molecule has 0 atom stereocenters. The fourth-order valence-electron chi connectivity index (χ4n) is 2.91. The molecule has 0 bridgehead atoms. The molecule has 1 amide bonds. The van der Waals surface area contributed by atoms with Crippen LogP contribution in [-0.2, 0) is 6.18 Å². The molecule has 2 aromatic rings. The Bertz CT molecular complexity index is 786. The third-order valence-electron chi connectivity index (χ3n) is 4.47. The average Bonchev–Trinajstić information content (AvgIpc) is 2.62. The number of hydrogen-bond donors (Lipinski definition) is 1. The molecule has 1 fully saturated rings. The second-order valence-corrected chi connectivity index (χ2v) is 6.43. The molecule has 1 aliphatic heterocycles. The Balaban J connectivity index is 1.78. The molecule has 1 aliphatic rings. The van der Waals surface area contributed by atoms with Gasteiger partial charge in [-0.15, -0.1) is 0 Å². The molecular formula is C18H19F3N4O. The van der Waals surface area contributed by atoms with Gasteiger partial charge in [-0.2, -0.15) is 13.2 Å². The van der Waals surface area contributed by atoms with Crippen molar-refractivity contribution in [2.75, 3.05) is 23.3 Å². The van der Waals surface area contributed by atoms with Crippen LogP contribution in [0.1, 0.15) is 35.8 Å². The van der Waals surface area contributed by atoms with Crippen LogP contribution in [0.5, 0.6) is 0 Å². The second kappa shape index (κ2) is 7.31. The number of benzene rings is 1.